The number of rotatable bonds is 11. The van der Waals surface area contributed by atoms with E-state index < -0.39 is 32.4 Å². The summed E-state index contributed by atoms with van der Waals surface area (Å²) in [5, 5.41) is 12.7. The number of carbonyl (C=O) groups excluding carboxylic acids is 1. The lowest BCUT2D eigenvalue weighted by molar-refractivity contribution is -0.116. The molecule has 0 saturated carbocycles. The van der Waals surface area contributed by atoms with Crippen LogP contribution in [0.3, 0.4) is 0 Å². The third kappa shape index (κ3) is 8.96. The Bertz CT molecular complexity index is 1450. The molecule has 2 N–H and O–H groups in total. The summed E-state index contributed by atoms with van der Waals surface area (Å²) in [6, 6.07) is 15.1. The Morgan fingerprint density at radius 2 is 1.76 bits per heavy atom. The molecule has 11 heteroatoms. The van der Waals surface area contributed by atoms with E-state index in [9.17, 15) is 19.1 Å². The number of halogens is 2. The topological polar surface area (TPSA) is 101 Å². The van der Waals surface area contributed by atoms with E-state index in [2.05, 4.69) is 44.2 Å². The van der Waals surface area contributed by atoms with Crippen LogP contribution in [0.1, 0.15) is 56.2 Å². The lowest BCUT2D eigenvalue weighted by atomic mass is 9.88. The van der Waals surface area contributed by atoms with Crippen molar-refractivity contribution >= 4 is 26.0 Å². The zero-order valence-electron chi connectivity index (χ0n) is 26.6. The minimum absolute atomic E-state index is 0.00965. The quantitative estimate of drug-likeness (QED) is 0.215. The fourth-order valence-corrected chi connectivity index (χ4v) is 6.19. The van der Waals surface area contributed by atoms with Crippen molar-refractivity contribution in [1.29, 1.82) is 0 Å². The first-order valence-corrected chi connectivity index (χ1v) is 18.1. The van der Waals surface area contributed by atoms with Crippen molar-refractivity contribution < 1.29 is 32.6 Å². The van der Waals surface area contributed by atoms with Gasteiger partial charge >= 0.3 is 6.09 Å². The molecule has 2 unspecified atom stereocenters. The summed E-state index contributed by atoms with van der Waals surface area (Å²) in [4.78, 5) is 30.7. The van der Waals surface area contributed by atoms with Gasteiger partial charge in [-0.3, -0.25) is 14.7 Å². The van der Waals surface area contributed by atoms with Crippen molar-refractivity contribution in [2.75, 3.05) is 25.1 Å². The first-order valence-electron chi connectivity index (χ1n) is 15.2. The Hall–Kier alpha value is -3.67. The van der Waals surface area contributed by atoms with Crippen LogP contribution in [0.15, 0.2) is 67.0 Å². The van der Waals surface area contributed by atoms with Gasteiger partial charge in [-0.05, 0) is 54.2 Å². The average Bonchev–Trinajstić information content (AvgIpc) is 2.99. The van der Waals surface area contributed by atoms with Gasteiger partial charge < -0.3 is 19.6 Å². The fourth-order valence-electron chi connectivity index (χ4n) is 5.15. The summed E-state index contributed by atoms with van der Waals surface area (Å²) in [6.45, 7) is 11.2. The number of hydrogen-bond donors (Lipinski definition) is 2. The monoisotopic (exact) mass is 639 g/mol. The van der Waals surface area contributed by atoms with Gasteiger partial charge in [0.25, 0.3) is 0 Å². The standard InChI is InChI=1S/C34H43F2N3O5Si/c1-34(2,3)45(4,5)44-22-26-21-43-27(20-39(26)33(41)42)15-16-28-30(36)18-37-19-31(28)38-32(40)17-29(23-9-7-6-8-10-23)24-11-13-25(35)14-12-24/h6-14,18-19,26-27,29H,15-17,20-22H2,1-5H3,(H,38,40)(H,41,42)/t26?,27?,29-/m1/s1. The molecule has 0 aliphatic carbocycles. The van der Waals surface area contributed by atoms with E-state index in [0.29, 0.717) is 6.42 Å². The molecule has 2 aromatic carbocycles. The van der Waals surface area contributed by atoms with Crippen LogP contribution in [0.2, 0.25) is 18.1 Å². The second-order valence-corrected chi connectivity index (χ2v) is 17.9. The van der Waals surface area contributed by atoms with Gasteiger partial charge in [-0.15, -0.1) is 0 Å². The molecule has 3 aromatic rings. The van der Waals surface area contributed by atoms with Crippen LogP contribution in [-0.4, -0.2) is 67.2 Å². The fraction of sp³-hybridized carbons (Fsp3) is 0.441. The second-order valence-electron chi connectivity index (χ2n) is 13.1. The number of benzene rings is 2. The van der Waals surface area contributed by atoms with Crippen LogP contribution in [0, 0.1) is 11.6 Å². The second kappa shape index (κ2) is 14.6. The van der Waals surface area contributed by atoms with Gasteiger partial charge in [-0.25, -0.2) is 13.6 Å². The molecule has 45 heavy (non-hydrogen) atoms. The molecule has 3 atom stereocenters. The number of morpholine rings is 1. The van der Waals surface area contributed by atoms with Gasteiger partial charge in [0.1, 0.15) is 11.6 Å². The van der Waals surface area contributed by atoms with Crippen molar-refractivity contribution in [3.05, 3.63) is 95.3 Å². The molecule has 0 bridgehead atoms. The molecule has 1 aromatic heterocycles. The van der Waals surface area contributed by atoms with E-state index in [-0.39, 0.29) is 66.5 Å². The van der Waals surface area contributed by atoms with Gasteiger partial charge in [0.15, 0.2) is 8.32 Å². The maximum Gasteiger partial charge on any atom is 0.407 e. The maximum absolute atomic E-state index is 15.1. The van der Waals surface area contributed by atoms with Crippen LogP contribution in [0.4, 0.5) is 19.3 Å². The van der Waals surface area contributed by atoms with Crippen molar-refractivity contribution in [2.45, 2.75) is 76.2 Å². The number of carbonyl (C=O) groups is 2. The first kappa shape index (κ1) is 34.2. The van der Waals surface area contributed by atoms with Crippen LogP contribution in [0.25, 0.3) is 0 Å². The molecule has 1 aliphatic rings. The molecule has 2 amide bonds. The molecular formula is C34H43F2N3O5Si. The Kier molecular flexibility index (Phi) is 11.1. The van der Waals surface area contributed by atoms with E-state index in [1.165, 1.54) is 23.2 Å². The molecular weight excluding hydrogens is 596 g/mol. The minimum atomic E-state index is -2.08. The van der Waals surface area contributed by atoms with Gasteiger partial charge in [0.2, 0.25) is 5.91 Å². The lowest BCUT2D eigenvalue weighted by Crippen LogP contribution is -2.55. The predicted molar refractivity (Wildman–Crippen MR) is 172 cm³/mol. The van der Waals surface area contributed by atoms with E-state index in [1.54, 1.807) is 12.1 Å². The number of carboxylic acid groups (broad SMARTS) is 1. The molecule has 1 aliphatic heterocycles. The van der Waals surface area contributed by atoms with Crippen LogP contribution < -0.4 is 5.32 Å². The normalized spacial score (nSPS) is 18.0. The summed E-state index contributed by atoms with van der Waals surface area (Å²) >= 11 is 0. The molecule has 2 heterocycles. The number of nitrogens with zero attached hydrogens (tertiary/aromatic N) is 2. The van der Waals surface area contributed by atoms with Crippen molar-refractivity contribution in [3.63, 3.8) is 0 Å². The highest BCUT2D eigenvalue weighted by Gasteiger charge is 2.40. The Balaban J connectivity index is 1.41. The van der Waals surface area contributed by atoms with Crippen molar-refractivity contribution in [3.8, 4) is 0 Å². The van der Waals surface area contributed by atoms with Gasteiger partial charge in [0, 0.05) is 17.9 Å². The number of ether oxygens (including phenoxy) is 1. The molecule has 0 radical (unpaired) electrons. The molecule has 1 fully saturated rings. The Morgan fingerprint density at radius 3 is 2.40 bits per heavy atom. The highest BCUT2D eigenvalue weighted by atomic mass is 28.4. The summed E-state index contributed by atoms with van der Waals surface area (Å²) in [5.74, 6) is -1.63. The van der Waals surface area contributed by atoms with Crippen LogP contribution >= 0.6 is 0 Å². The van der Waals surface area contributed by atoms with E-state index in [4.69, 9.17) is 9.16 Å². The zero-order valence-corrected chi connectivity index (χ0v) is 27.6. The largest absolute Gasteiger partial charge is 0.465 e. The SMILES string of the molecule is CC(C)(C)[Si](C)(C)OCC1COC(CCc2c(F)cncc2NC(=O)C[C@H](c2ccccc2)c2ccc(F)cc2)CN1C(=O)O. The molecule has 4 rings (SSSR count). The van der Waals surface area contributed by atoms with E-state index in [0.717, 1.165) is 17.3 Å². The maximum atomic E-state index is 15.1. The minimum Gasteiger partial charge on any atom is -0.465 e. The average molecular weight is 640 g/mol. The third-order valence-corrected chi connectivity index (χ3v) is 13.4. The number of pyridine rings is 1. The summed E-state index contributed by atoms with van der Waals surface area (Å²) in [5.41, 5.74) is 2.19. The van der Waals surface area contributed by atoms with E-state index >= 15 is 4.39 Å². The van der Waals surface area contributed by atoms with Crippen molar-refractivity contribution in [1.82, 2.24) is 9.88 Å². The number of anilines is 1. The number of amides is 2. The third-order valence-electron chi connectivity index (χ3n) is 8.91. The highest BCUT2D eigenvalue weighted by molar-refractivity contribution is 6.74. The van der Waals surface area contributed by atoms with Crippen molar-refractivity contribution in [2.24, 2.45) is 0 Å². The number of nitrogens with one attached hydrogen (secondary N) is 1. The first-order chi connectivity index (χ1) is 21.2. The number of aromatic nitrogens is 1. The smallest absolute Gasteiger partial charge is 0.407 e. The van der Waals surface area contributed by atoms with Crippen LogP contribution in [0.5, 0.6) is 0 Å². The zero-order chi connectivity index (χ0) is 32.8. The molecule has 1 saturated heterocycles. The van der Waals surface area contributed by atoms with Gasteiger partial charge in [-0.1, -0.05) is 63.2 Å². The Morgan fingerprint density at radius 1 is 1.09 bits per heavy atom. The Labute approximate surface area is 264 Å². The molecule has 242 valence electrons. The molecule has 0 spiro atoms. The van der Waals surface area contributed by atoms with Crippen LogP contribution in [-0.2, 0) is 20.4 Å². The van der Waals surface area contributed by atoms with E-state index in [1.807, 2.05) is 30.3 Å². The summed E-state index contributed by atoms with van der Waals surface area (Å²) in [6.07, 6.45) is 1.58. The number of hydrogen-bond acceptors (Lipinski definition) is 5. The summed E-state index contributed by atoms with van der Waals surface area (Å²) < 4.78 is 41.0. The predicted octanol–water partition coefficient (Wildman–Crippen LogP) is 7.22. The lowest BCUT2D eigenvalue weighted by Gasteiger charge is -2.41. The summed E-state index contributed by atoms with van der Waals surface area (Å²) in [7, 11) is -2.08. The van der Waals surface area contributed by atoms with Gasteiger partial charge in [-0.2, -0.15) is 0 Å². The van der Waals surface area contributed by atoms with Gasteiger partial charge in [0.05, 0.1) is 50.0 Å². The molecule has 8 nitrogen and oxygen atoms in total. The highest BCUT2D eigenvalue weighted by Crippen LogP contribution is 2.37.